The maximum atomic E-state index is 12.5. The van der Waals surface area contributed by atoms with Crippen LogP contribution in [0.3, 0.4) is 0 Å². The van der Waals surface area contributed by atoms with Gasteiger partial charge in [-0.1, -0.05) is 11.6 Å². The van der Waals surface area contributed by atoms with E-state index >= 15 is 0 Å². The summed E-state index contributed by atoms with van der Waals surface area (Å²) in [7, 11) is 0. The van der Waals surface area contributed by atoms with Gasteiger partial charge in [-0.3, -0.25) is 24.3 Å². The van der Waals surface area contributed by atoms with E-state index in [2.05, 4.69) is 10.3 Å². The summed E-state index contributed by atoms with van der Waals surface area (Å²) < 4.78 is 1.27. The van der Waals surface area contributed by atoms with Crippen LogP contribution in [0.15, 0.2) is 29.3 Å². The van der Waals surface area contributed by atoms with Gasteiger partial charge in [-0.25, -0.2) is 4.98 Å². The van der Waals surface area contributed by atoms with Gasteiger partial charge in [0.25, 0.3) is 5.56 Å². The van der Waals surface area contributed by atoms with Crippen LogP contribution in [0.1, 0.15) is 25.3 Å². The Bertz CT molecular complexity index is 800. The number of benzene rings is 1. The largest absolute Gasteiger partial charge is 0.295 e. The molecule has 1 atom stereocenters. The van der Waals surface area contributed by atoms with Crippen LogP contribution in [0.25, 0.3) is 10.9 Å². The second kappa shape index (κ2) is 5.29. The summed E-state index contributed by atoms with van der Waals surface area (Å²) in [5.41, 5.74) is 0.183. The minimum absolute atomic E-state index is 0.282. The van der Waals surface area contributed by atoms with Crippen molar-refractivity contribution in [1.29, 1.82) is 0 Å². The van der Waals surface area contributed by atoms with Crippen molar-refractivity contribution in [3.63, 3.8) is 0 Å². The van der Waals surface area contributed by atoms with Gasteiger partial charge in [-0.15, -0.1) is 0 Å². The average molecular weight is 306 g/mol. The Morgan fingerprint density at radius 2 is 2.10 bits per heavy atom. The van der Waals surface area contributed by atoms with Crippen molar-refractivity contribution in [2.24, 2.45) is 0 Å². The Morgan fingerprint density at radius 1 is 1.29 bits per heavy atom. The van der Waals surface area contributed by atoms with E-state index in [4.69, 9.17) is 11.6 Å². The molecule has 1 unspecified atom stereocenters. The van der Waals surface area contributed by atoms with Crippen molar-refractivity contribution in [2.45, 2.75) is 25.3 Å². The summed E-state index contributed by atoms with van der Waals surface area (Å²) in [4.78, 5) is 40.1. The van der Waals surface area contributed by atoms with Crippen LogP contribution in [0.4, 0.5) is 0 Å². The number of carbonyl (C=O) groups is 2. The molecule has 0 saturated carbocycles. The van der Waals surface area contributed by atoms with Crippen molar-refractivity contribution in [3.8, 4) is 0 Å². The van der Waals surface area contributed by atoms with E-state index in [1.54, 1.807) is 12.1 Å². The highest BCUT2D eigenvalue weighted by Gasteiger charge is 2.27. The van der Waals surface area contributed by atoms with Crippen molar-refractivity contribution in [1.82, 2.24) is 14.9 Å². The van der Waals surface area contributed by atoms with E-state index in [9.17, 15) is 14.4 Å². The van der Waals surface area contributed by atoms with Gasteiger partial charge in [0.2, 0.25) is 11.8 Å². The summed E-state index contributed by atoms with van der Waals surface area (Å²) in [5.74, 6) is -0.782. The van der Waals surface area contributed by atoms with Gasteiger partial charge < -0.3 is 0 Å². The highest BCUT2D eigenvalue weighted by molar-refractivity contribution is 6.31. The molecule has 7 heteroatoms. The molecule has 0 aliphatic carbocycles. The fourth-order valence-electron chi connectivity index (χ4n) is 2.47. The lowest BCUT2D eigenvalue weighted by atomic mass is 10.1. The van der Waals surface area contributed by atoms with Gasteiger partial charge in [0.1, 0.15) is 6.04 Å². The number of hydrogen-bond donors (Lipinski definition) is 1. The molecular weight excluding hydrogens is 294 g/mol. The molecule has 0 radical (unpaired) electrons. The minimum Gasteiger partial charge on any atom is -0.295 e. The highest BCUT2D eigenvalue weighted by Crippen LogP contribution is 2.19. The van der Waals surface area contributed by atoms with Crippen molar-refractivity contribution in [3.05, 3.63) is 39.9 Å². The number of carbonyl (C=O) groups excluding carboxylic acids is 2. The lowest BCUT2D eigenvalue weighted by Gasteiger charge is -2.16. The van der Waals surface area contributed by atoms with Gasteiger partial charge in [-0.05, 0) is 31.0 Å². The van der Waals surface area contributed by atoms with Crippen LogP contribution >= 0.6 is 11.6 Å². The molecule has 1 N–H and O–H groups in total. The predicted octanol–water partition coefficient (Wildman–Crippen LogP) is 1.42. The second-order valence-electron chi connectivity index (χ2n) is 4.94. The molecule has 108 valence electrons. The molecule has 1 fully saturated rings. The number of aromatic nitrogens is 2. The number of nitrogens with zero attached hydrogens (tertiary/aromatic N) is 2. The molecule has 1 aromatic carbocycles. The van der Waals surface area contributed by atoms with E-state index in [-0.39, 0.29) is 17.9 Å². The second-order valence-corrected chi connectivity index (χ2v) is 5.38. The third kappa shape index (κ3) is 2.54. The molecule has 1 aliphatic rings. The molecule has 1 aliphatic heterocycles. The summed E-state index contributed by atoms with van der Waals surface area (Å²) in [6, 6.07) is 4.11. The molecule has 2 heterocycles. The van der Waals surface area contributed by atoms with Crippen LogP contribution in [0.2, 0.25) is 5.02 Å². The van der Waals surface area contributed by atoms with Crippen LogP contribution in [-0.2, 0) is 9.59 Å². The normalized spacial score (nSPS) is 19.4. The standard InChI is InChI=1S/C14H12ClN3O3/c15-8-4-5-10-9(6-8)14(21)18(7-16-10)11-2-1-3-12(19)17-13(11)20/h4-7,11H,1-3H2,(H,17,19,20). The van der Waals surface area contributed by atoms with Crippen LogP contribution in [0.5, 0.6) is 0 Å². The Balaban J connectivity index is 2.12. The van der Waals surface area contributed by atoms with Crippen LogP contribution < -0.4 is 10.9 Å². The molecule has 21 heavy (non-hydrogen) atoms. The van der Waals surface area contributed by atoms with Gasteiger partial charge in [0.15, 0.2) is 0 Å². The summed E-state index contributed by atoms with van der Waals surface area (Å²) in [6.07, 6.45) is 2.59. The van der Waals surface area contributed by atoms with Crippen molar-refractivity contribution >= 4 is 34.3 Å². The first-order chi connectivity index (χ1) is 10.1. The van der Waals surface area contributed by atoms with Gasteiger partial charge >= 0.3 is 0 Å². The smallest absolute Gasteiger partial charge is 0.261 e. The first kappa shape index (κ1) is 13.8. The molecule has 3 rings (SSSR count). The fourth-order valence-corrected chi connectivity index (χ4v) is 2.64. The zero-order valence-electron chi connectivity index (χ0n) is 11.0. The van der Waals surface area contributed by atoms with Crippen molar-refractivity contribution < 1.29 is 9.59 Å². The third-order valence-electron chi connectivity index (χ3n) is 3.53. The Morgan fingerprint density at radius 3 is 2.90 bits per heavy atom. The zero-order valence-corrected chi connectivity index (χ0v) is 11.8. The van der Waals surface area contributed by atoms with E-state index in [1.165, 1.54) is 17.0 Å². The lowest BCUT2D eigenvalue weighted by Crippen LogP contribution is -2.38. The maximum Gasteiger partial charge on any atom is 0.261 e. The van der Waals surface area contributed by atoms with E-state index in [1.807, 2.05) is 0 Å². The first-order valence-corrected chi connectivity index (χ1v) is 6.94. The third-order valence-corrected chi connectivity index (χ3v) is 3.76. The number of amides is 2. The van der Waals surface area contributed by atoms with E-state index in [0.29, 0.717) is 28.8 Å². The van der Waals surface area contributed by atoms with Crippen LogP contribution in [-0.4, -0.2) is 21.4 Å². The van der Waals surface area contributed by atoms with Crippen LogP contribution in [0, 0.1) is 0 Å². The molecular formula is C14H12ClN3O3. The molecule has 2 amide bonds. The van der Waals surface area contributed by atoms with Gasteiger partial charge in [-0.2, -0.15) is 0 Å². The minimum atomic E-state index is -0.722. The van der Waals surface area contributed by atoms with Gasteiger partial charge in [0, 0.05) is 11.4 Å². The summed E-state index contributed by atoms with van der Waals surface area (Å²) >= 11 is 5.90. The molecule has 2 aromatic rings. The number of imide groups is 1. The lowest BCUT2D eigenvalue weighted by molar-refractivity contribution is -0.131. The van der Waals surface area contributed by atoms with E-state index in [0.717, 1.165) is 0 Å². The molecule has 0 bridgehead atoms. The number of halogens is 1. The zero-order chi connectivity index (χ0) is 15.0. The maximum absolute atomic E-state index is 12.5. The number of rotatable bonds is 1. The summed E-state index contributed by atoms with van der Waals surface area (Å²) in [6.45, 7) is 0. The number of hydrogen-bond acceptors (Lipinski definition) is 4. The molecule has 1 aromatic heterocycles. The quantitative estimate of drug-likeness (QED) is 0.808. The Labute approximate surface area is 124 Å². The monoisotopic (exact) mass is 305 g/mol. The summed E-state index contributed by atoms with van der Waals surface area (Å²) in [5, 5.41) is 3.07. The SMILES string of the molecule is O=C1CCCC(n2cnc3ccc(Cl)cc3c2=O)C(=O)N1. The fraction of sp³-hybridized carbons (Fsp3) is 0.286. The van der Waals surface area contributed by atoms with E-state index < -0.39 is 11.9 Å². The number of fused-ring (bicyclic) bond motifs is 1. The Kier molecular flexibility index (Phi) is 3.47. The predicted molar refractivity (Wildman–Crippen MR) is 77.1 cm³/mol. The Hall–Kier alpha value is -2.21. The highest BCUT2D eigenvalue weighted by atomic mass is 35.5. The molecule has 1 saturated heterocycles. The van der Waals surface area contributed by atoms with Gasteiger partial charge in [0.05, 0.1) is 17.2 Å². The first-order valence-electron chi connectivity index (χ1n) is 6.56. The molecule has 0 spiro atoms. The topological polar surface area (TPSA) is 81.1 Å². The number of nitrogens with one attached hydrogen (secondary N) is 1. The van der Waals surface area contributed by atoms with Crippen molar-refractivity contribution in [2.75, 3.05) is 0 Å². The average Bonchev–Trinajstić information content (AvgIpc) is 2.61. The molecule has 6 nitrogen and oxygen atoms in total.